The topological polar surface area (TPSA) is 98.8 Å². The number of anilines is 1. The number of hydrogen-bond acceptors (Lipinski definition) is 6. The Morgan fingerprint density at radius 3 is 2.09 bits per heavy atom. The second-order valence-electron chi connectivity index (χ2n) is 7.04. The number of carbonyl (C=O) groups is 4. The largest absolute Gasteiger partial charge is 0.454 e. The van der Waals surface area contributed by atoms with Crippen LogP contribution in [-0.2, 0) is 9.53 Å². The third-order valence-corrected chi connectivity index (χ3v) is 4.43. The van der Waals surface area contributed by atoms with Crippen LogP contribution in [-0.4, -0.2) is 30.2 Å². The van der Waals surface area contributed by atoms with E-state index in [0.29, 0.717) is 22.6 Å². The Hall–Kier alpha value is -4.26. The summed E-state index contributed by atoms with van der Waals surface area (Å²) in [5.41, 5.74) is 2.42. The van der Waals surface area contributed by atoms with Crippen molar-refractivity contribution in [2.24, 2.45) is 0 Å². The molecule has 32 heavy (non-hydrogen) atoms. The fraction of sp³-hybridized carbons (Fsp3) is 0.120. The molecule has 0 saturated carbocycles. The second-order valence-corrected chi connectivity index (χ2v) is 7.04. The number of ketones is 1. The number of nitrogens with one attached hydrogen (secondary N) is 1. The highest BCUT2D eigenvalue weighted by atomic mass is 16.5. The number of Topliss-reactive ketones (excluding diaryl/α,β-unsaturated/α-hetero) is 1. The Kier molecular flexibility index (Phi) is 7.13. The Labute approximate surface area is 185 Å². The van der Waals surface area contributed by atoms with E-state index >= 15 is 0 Å². The minimum atomic E-state index is -0.686. The van der Waals surface area contributed by atoms with Crippen molar-refractivity contribution in [3.8, 4) is 5.75 Å². The highest BCUT2D eigenvalue weighted by Gasteiger charge is 2.14. The SMILES string of the molecule is CC(=O)Nc1cccc(C(=O)OCC(=O)c2ccc(OC(=O)c3ccc(C)cc3)cc2)c1. The molecule has 162 valence electrons. The lowest BCUT2D eigenvalue weighted by molar-refractivity contribution is -0.114. The molecule has 0 aliphatic heterocycles. The van der Waals surface area contributed by atoms with Crippen molar-refractivity contribution < 1.29 is 28.7 Å². The van der Waals surface area contributed by atoms with Gasteiger partial charge in [0.05, 0.1) is 11.1 Å². The maximum absolute atomic E-state index is 12.3. The van der Waals surface area contributed by atoms with Crippen LogP contribution < -0.4 is 10.1 Å². The van der Waals surface area contributed by atoms with Gasteiger partial charge in [0.15, 0.2) is 12.4 Å². The van der Waals surface area contributed by atoms with Crippen LogP contribution in [0.2, 0.25) is 0 Å². The van der Waals surface area contributed by atoms with Crippen LogP contribution in [0.3, 0.4) is 0 Å². The molecule has 7 heteroatoms. The van der Waals surface area contributed by atoms with Gasteiger partial charge in [-0.05, 0) is 61.5 Å². The van der Waals surface area contributed by atoms with Gasteiger partial charge in [-0.1, -0.05) is 23.8 Å². The molecule has 0 fully saturated rings. The van der Waals surface area contributed by atoms with E-state index < -0.39 is 24.3 Å². The highest BCUT2D eigenvalue weighted by Crippen LogP contribution is 2.16. The van der Waals surface area contributed by atoms with E-state index in [0.717, 1.165) is 5.56 Å². The van der Waals surface area contributed by atoms with Crippen LogP contribution in [0, 0.1) is 6.92 Å². The first kappa shape index (κ1) is 22.4. The molecular weight excluding hydrogens is 410 g/mol. The van der Waals surface area contributed by atoms with Gasteiger partial charge in [0.25, 0.3) is 0 Å². The van der Waals surface area contributed by atoms with Gasteiger partial charge in [0.2, 0.25) is 5.91 Å². The van der Waals surface area contributed by atoms with Crippen LogP contribution in [0.4, 0.5) is 5.69 Å². The summed E-state index contributed by atoms with van der Waals surface area (Å²) in [5.74, 6) is -1.57. The van der Waals surface area contributed by atoms with Crippen LogP contribution in [0.25, 0.3) is 0 Å². The monoisotopic (exact) mass is 431 g/mol. The Bertz CT molecular complexity index is 1150. The summed E-state index contributed by atoms with van der Waals surface area (Å²) in [5, 5.41) is 2.57. The van der Waals surface area contributed by atoms with Gasteiger partial charge in [-0.15, -0.1) is 0 Å². The molecule has 3 aromatic rings. The Balaban J connectivity index is 1.55. The molecule has 0 heterocycles. The summed E-state index contributed by atoms with van der Waals surface area (Å²) in [4.78, 5) is 47.8. The highest BCUT2D eigenvalue weighted by molar-refractivity contribution is 6.00. The van der Waals surface area contributed by atoms with Gasteiger partial charge in [0.1, 0.15) is 5.75 Å². The molecule has 0 radical (unpaired) electrons. The predicted molar refractivity (Wildman–Crippen MR) is 118 cm³/mol. The summed E-state index contributed by atoms with van der Waals surface area (Å²) in [7, 11) is 0. The van der Waals surface area contributed by atoms with Gasteiger partial charge in [0, 0.05) is 18.2 Å². The van der Waals surface area contributed by atoms with E-state index in [1.807, 2.05) is 19.1 Å². The lowest BCUT2D eigenvalue weighted by Gasteiger charge is -2.08. The van der Waals surface area contributed by atoms with Crippen molar-refractivity contribution >= 4 is 29.3 Å². The molecule has 0 unspecified atom stereocenters. The maximum Gasteiger partial charge on any atom is 0.343 e. The zero-order chi connectivity index (χ0) is 23.1. The quantitative estimate of drug-likeness (QED) is 0.342. The minimum Gasteiger partial charge on any atom is -0.454 e. The lowest BCUT2D eigenvalue weighted by Crippen LogP contribution is -2.15. The Morgan fingerprint density at radius 2 is 1.44 bits per heavy atom. The third-order valence-electron chi connectivity index (χ3n) is 4.43. The van der Waals surface area contributed by atoms with E-state index in [1.54, 1.807) is 24.3 Å². The molecule has 0 bridgehead atoms. The maximum atomic E-state index is 12.3. The van der Waals surface area contributed by atoms with Gasteiger partial charge in [-0.2, -0.15) is 0 Å². The first-order chi connectivity index (χ1) is 15.3. The van der Waals surface area contributed by atoms with Gasteiger partial charge in [-0.3, -0.25) is 9.59 Å². The molecule has 0 atom stereocenters. The first-order valence-corrected chi connectivity index (χ1v) is 9.79. The number of rotatable bonds is 7. The average Bonchev–Trinajstić information content (AvgIpc) is 2.78. The summed E-state index contributed by atoms with van der Waals surface area (Å²) < 4.78 is 10.4. The standard InChI is InChI=1S/C25H21NO6/c1-16-6-8-19(9-7-16)25(30)32-22-12-10-18(11-13-22)23(28)15-31-24(29)20-4-3-5-21(14-20)26-17(2)27/h3-14H,15H2,1-2H3,(H,26,27). The van der Waals surface area contributed by atoms with E-state index in [4.69, 9.17) is 9.47 Å². The lowest BCUT2D eigenvalue weighted by atomic mass is 10.1. The molecule has 0 spiro atoms. The second kappa shape index (κ2) is 10.2. The van der Waals surface area contributed by atoms with Crippen LogP contribution in [0.15, 0.2) is 72.8 Å². The molecule has 0 saturated heterocycles. The van der Waals surface area contributed by atoms with Crippen molar-refractivity contribution in [3.05, 3.63) is 95.1 Å². The number of benzene rings is 3. The van der Waals surface area contributed by atoms with Crippen molar-refractivity contribution in [2.45, 2.75) is 13.8 Å². The average molecular weight is 431 g/mol. The number of hydrogen-bond donors (Lipinski definition) is 1. The molecule has 3 aromatic carbocycles. The molecule has 1 N–H and O–H groups in total. The van der Waals surface area contributed by atoms with Crippen molar-refractivity contribution in [1.82, 2.24) is 0 Å². The summed E-state index contributed by atoms with van der Waals surface area (Å²) in [6.45, 7) is 2.83. The smallest absolute Gasteiger partial charge is 0.343 e. The summed E-state index contributed by atoms with van der Waals surface area (Å²) in [6.07, 6.45) is 0. The van der Waals surface area contributed by atoms with Gasteiger partial charge in [-0.25, -0.2) is 9.59 Å². The zero-order valence-corrected chi connectivity index (χ0v) is 17.6. The fourth-order valence-electron chi connectivity index (χ4n) is 2.79. The number of amides is 1. The summed E-state index contributed by atoms with van der Waals surface area (Å²) >= 11 is 0. The van der Waals surface area contributed by atoms with Crippen LogP contribution in [0.5, 0.6) is 5.75 Å². The normalized spacial score (nSPS) is 10.2. The van der Waals surface area contributed by atoms with Gasteiger partial charge < -0.3 is 14.8 Å². The zero-order valence-electron chi connectivity index (χ0n) is 17.6. The molecule has 1 amide bonds. The van der Waals surface area contributed by atoms with Crippen molar-refractivity contribution in [2.75, 3.05) is 11.9 Å². The molecular formula is C25H21NO6. The Morgan fingerprint density at radius 1 is 0.781 bits per heavy atom. The van der Waals surface area contributed by atoms with E-state index in [1.165, 1.54) is 43.3 Å². The van der Waals surface area contributed by atoms with Crippen molar-refractivity contribution in [1.29, 1.82) is 0 Å². The number of esters is 2. The third kappa shape index (κ3) is 6.12. The van der Waals surface area contributed by atoms with E-state index in [9.17, 15) is 19.2 Å². The van der Waals surface area contributed by atoms with E-state index in [-0.39, 0.29) is 11.5 Å². The van der Waals surface area contributed by atoms with E-state index in [2.05, 4.69) is 5.32 Å². The number of ether oxygens (including phenoxy) is 2. The van der Waals surface area contributed by atoms with Crippen molar-refractivity contribution in [3.63, 3.8) is 0 Å². The molecule has 7 nitrogen and oxygen atoms in total. The predicted octanol–water partition coefficient (Wildman–Crippen LogP) is 4.21. The summed E-state index contributed by atoms with van der Waals surface area (Å²) in [6, 6.07) is 19.2. The number of aryl methyl sites for hydroxylation is 1. The van der Waals surface area contributed by atoms with Crippen LogP contribution in [0.1, 0.15) is 43.6 Å². The number of carbonyl (C=O) groups excluding carboxylic acids is 4. The first-order valence-electron chi connectivity index (χ1n) is 9.79. The van der Waals surface area contributed by atoms with Gasteiger partial charge >= 0.3 is 11.9 Å². The minimum absolute atomic E-state index is 0.211. The molecule has 0 aliphatic carbocycles. The van der Waals surface area contributed by atoms with Crippen LogP contribution >= 0.6 is 0 Å². The molecule has 0 aromatic heterocycles. The fourth-order valence-corrected chi connectivity index (χ4v) is 2.79. The molecule has 3 rings (SSSR count). The molecule has 0 aliphatic rings.